The predicted molar refractivity (Wildman–Crippen MR) is 79.4 cm³/mol. The molecule has 0 radical (unpaired) electrons. The van der Waals surface area contributed by atoms with Gasteiger partial charge in [-0.05, 0) is 25.3 Å². The quantitative estimate of drug-likeness (QED) is 0.911. The molecule has 0 saturated carbocycles. The summed E-state index contributed by atoms with van der Waals surface area (Å²) in [6.07, 6.45) is -4.57. The number of nitrogens with one attached hydrogen (secondary N) is 1. The highest BCUT2D eigenvalue weighted by Crippen LogP contribution is 2.39. The van der Waals surface area contributed by atoms with Crippen LogP contribution in [0.25, 0.3) is 0 Å². The third-order valence-corrected chi connectivity index (χ3v) is 5.93. The Morgan fingerprint density at radius 2 is 1.65 bits per heavy atom. The molecular formula is C15H18F3NO3S. The zero-order valence-corrected chi connectivity index (χ0v) is 13.4. The van der Waals surface area contributed by atoms with Gasteiger partial charge in [-0.25, -0.2) is 8.42 Å². The van der Waals surface area contributed by atoms with Gasteiger partial charge < -0.3 is 5.32 Å². The second-order valence-electron chi connectivity index (χ2n) is 5.90. The van der Waals surface area contributed by atoms with E-state index >= 15 is 0 Å². The molecule has 4 nitrogen and oxygen atoms in total. The fourth-order valence-corrected chi connectivity index (χ4v) is 4.07. The van der Waals surface area contributed by atoms with Crippen LogP contribution in [0.2, 0.25) is 0 Å². The van der Waals surface area contributed by atoms with Crippen molar-refractivity contribution in [2.75, 3.05) is 11.5 Å². The summed E-state index contributed by atoms with van der Waals surface area (Å²) in [5.74, 6) is -1.81. The zero-order valence-electron chi connectivity index (χ0n) is 12.6. The lowest BCUT2D eigenvalue weighted by Gasteiger charge is -2.35. The van der Waals surface area contributed by atoms with Crippen LogP contribution in [0.1, 0.15) is 25.3 Å². The van der Waals surface area contributed by atoms with E-state index < -0.39 is 33.4 Å². The lowest BCUT2D eigenvalue weighted by Crippen LogP contribution is -2.55. The van der Waals surface area contributed by atoms with Crippen molar-refractivity contribution in [3.63, 3.8) is 0 Å². The highest BCUT2D eigenvalue weighted by molar-refractivity contribution is 7.91. The fraction of sp³-hybridized carbons (Fsp3) is 0.533. The van der Waals surface area contributed by atoms with Crippen molar-refractivity contribution >= 4 is 15.7 Å². The van der Waals surface area contributed by atoms with Gasteiger partial charge in [-0.3, -0.25) is 4.79 Å². The van der Waals surface area contributed by atoms with Gasteiger partial charge in [0.25, 0.3) is 0 Å². The largest absolute Gasteiger partial charge is 0.415 e. The number of alkyl halides is 3. The molecule has 0 aromatic heterocycles. The molecule has 0 bridgehead atoms. The number of rotatable bonds is 3. The Labute approximate surface area is 133 Å². The molecular weight excluding hydrogens is 331 g/mol. The first-order valence-corrected chi connectivity index (χ1v) is 9.02. The highest BCUT2D eigenvalue weighted by Gasteiger charge is 2.54. The molecule has 1 atom stereocenters. The highest BCUT2D eigenvalue weighted by atomic mass is 32.2. The molecule has 1 aromatic rings. The maximum absolute atomic E-state index is 13.5. The van der Waals surface area contributed by atoms with Crippen molar-refractivity contribution < 1.29 is 26.4 Å². The average molecular weight is 349 g/mol. The molecule has 1 fully saturated rings. The third-order valence-electron chi connectivity index (χ3n) is 4.22. The van der Waals surface area contributed by atoms with Gasteiger partial charge in [0.1, 0.15) is 9.84 Å². The maximum Gasteiger partial charge on any atom is 0.415 e. The molecule has 2 rings (SSSR count). The number of carbonyl (C=O) groups excluding carboxylic acids is 1. The van der Waals surface area contributed by atoms with E-state index in [1.165, 1.54) is 24.3 Å². The van der Waals surface area contributed by atoms with E-state index in [0.717, 1.165) is 6.92 Å². The second-order valence-corrected chi connectivity index (χ2v) is 8.21. The number of amides is 1. The standard InChI is InChI=1S/C15H18F3NO3S/c1-14(15(16,17)18,12-5-3-2-4-6-12)19-13(20)11-7-9-23(21,22)10-8-11/h2-6,11H,7-10H2,1H3,(H,19,20)/t14-/m0/s1. The van der Waals surface area contributed by atoms with Gasteiger partial charge in [-0.15, -0.1) is 0 Å². The first-order valence-electron chi connectivity index (χ1n) is 7.20. The molecule has 1 aliphatic heterocycles. The second kappa shape index (κ2) is 6.14. The molecule has 128 valence electrons. The Hall–Kier alpha value is -1.57. The molecule has 1 amide bonds. The Kier molecular flexibility index (Phi) is 4.75. The summed E-state index contributed by atoms with van der Waals surface area (Å²) in [4.78, 5) is 12.2. The third kappa shape index (κ3) is 3.85. The smallest absolute Gasteiger partial charge is 0.338 e. The molecule has 0 aliphatic carbocycles. The molecule has 23 heavy (non-hydrogen) atoms. The van der Waals surface area contributed by atoms with Gasteiger partial charge in [0.05, 0.1) is 11.5 Å². The summed E-state index contributed by atoms with van der Waals surface area (Å²) in [5.41, 5.74) is -2.58. The summed E-state index contributed by atoms with van der Waals surface area (Å²) in [7, 11) is -3.18. The maximum atomic E-state index is 13.5. The van der Waals surface area contributed by atoms with Crippen LogP contribution in [-0.2, 0) is 20.2 Å². The lowest BCUT2D eigenvalue weighted by atomic mass is 9.89. The van der Waals surface area contributed by atoms with E-state index in [1.807, 2.05) is 0 Å². The molecule has 0 spiro atoms. The van der Waals surface area contributed by atoms with Crippen LogP contribution in [0.15, 0.2) is 30.3 Å². The first-order chi connectivity index (χ1) is 10.6. The lowest BCUT2D eigenvalue weighted by molar-refractivity contribution is -0.198. The van der Waals surface area contributed by atoms with Crippen LogP contribution in [0.5, 0.6) is 0 Å². The number of hydrogen-bond donors (Lipinski definition) is 1. The number of benzene rings is 1. The van der Waals surface area contributed by atoms with Gasteiger partial charge >= 0.3 is 6.18 Å². The fourth-order valence-electron chi connectivity index (χ4n) is 2.58. The number of hydrogen-bond acceptors (Lipinski definition) is 3. The first kappa shape index (κ1) is 17.8. The van der Waals surface area contributed by atoms with Crippen molar-refractivity contribution in [1.82, 2.24) is 5.32 Å². The SMILES string of the molecule is C[C@](NC(=O)C1CCS(=O)(=O)CC1)(c1ccccc1)C(F)(F)F. The van der Waals surface area contributed by atoms with Gasteiger partial charge in [-0.1, -0.05) is 30.3 Å². The van der Waals surface area contributed by atoms with Gasteiger partial charge in [0, 0.05) is 5.92 Å². The van der Waals surface area contributed by atoms with E-state index in [2.05, 4.69) is 5.32 Å². The summed E-state index contributed by atoms with van der Waals surface area (Å²) >= 11 is 0. The summed E-state index contributed by atoms with van der Waals surface area (Å²) < 4.78 is 63.3. The van der Waals surface area contributed by atoms with Crippen LogP contribution in [-0.4, -0.2) is 32.0 Å². The summed E-state index contributed by atoms with van der Waals surface area (Å²) in [6, 6.07) is 7.14. The molecule has 1 aromatic carbocycles. The number of sulfone groups is 1. The van der Waals surface area contributed by atoms with Crippen LogP contribution in [0.3, 0.4) is 0 Å². The van der Waals surface area contributed by atoms with Crippen molar-refractivity contribution in [3.05, 3.63) is 35.9 Å². The van der Waals surface area contributed by atoms with Crippen LogP contribution < -0.4 is 5.32 Å². The molecule has 1 N–H and O–H groups in total. The van der Waals surface area contributed by atoms with Crippen molar-refractivity contribution in [3.8, 4) is 0 Å². The van der Waals surface area contributed by atoms with Gasteiger partial charge in [0.15, 0.2) is 5.54 Å². The Bertz CT molecular complexity index is 659. The van der Waals surface area contributed by atoms with E-state index in [4.69, 9.17) is 0 Å². The normalized spacial score (nSPS) is 21.4. The predicted octanol–water partition coefficient (Wildman–Crippen LogP) is 2.41. The zero-order chi connectivity index (χ0) is 17.3. The Morgan fingerprint density at radius 3 is 2.13 bits per heavy atom. The van der Waals surface area contributed by atoms with E-state index in [9.17, 15) is 26.4 Å². The van der Waals surface area contributed by atoms with E-state index in [1.54, 1.807) is 6.07 Å². The van der Waals surface area contributed by atoms with Gasteiger partial charge in [0.2, 0.25) is 5.91 Å². The number of halogens is 3. The topological polar surface area (TPSA) is 63.2 Å². The van der Waals surface area contributed by atoms with Crippen molar-refractivity contribution in [1.29, 1.82) is 0 Å². The molecule has 1 heterocycles. The van der Waals surface area contributed by atoms with Crippen LogP contribution in [0, 0.1) is 5.92 Å². The van der Waals surface area contributed by atoms with E-state index in [-0.39, 0.29) is 29.9 Å². The van der Waals surface area contributed by atoms with E-state index in [0.29, 0.717) is 0 Å². The monoisotopic (exact) mass is 349 g/mol. The molecule has 1 saturated heterocycles. The minimum atomic E-state index is -4.68. The number of carbonyl (C=O) groups is 1. The van der Waals surface area contributed by atoms with Crippen molar-refractivity contribution in [2.24, 2.45) is 5.92 Å². The molecule has 8 heteroatoms. The Morgan fingerprint density at radius 1 is 1.13 bits per heavy atom. The van der Waals surface area contributed by atoms with Crippen LogP contribution in [0.4, 0.5) is 13.2 Å². The van der Waals surface area contributed by atoms with Crippen LogP contribution >= 0.6 is 0 Å². The summed E-state index contributed by atoms with van der Waals surface area (Å²) in [6.45, 7) is 0.916. The average Bonchev–Trinajstić information content (AvgIpc) is 2.46. The molecule has 1 aliphatic rings. The summed E-state index contributed by atoms with van der Waals surface area (Å²) in [5, 5.41) is 2.09. The molecule has 0 unspecified atom stereocenters. The minimum absolute atomic E-state index is 0.0525. The van der Waals surface area contributed by atoms with Gasteiger partial charge in [-0.2, -0.15) is 13.2 Å². The Balaban J connectivity index is 2.21. The minimum Gasteiger partial charge on any atom is -0.338 e. The van der Waals surface area contributed by atoms with Crippen molar-refractivity contribution in [2.45, 2.75) is 31.5 Å².